The van der Waals surface area contributed by atoms with Crippen molar-refractivity contribution in [1.29, 1.82) is 0 Å². The van der Waals surface area contributed by atoms with Gasteiger partial charge in [0.25, 0.3) is 0 Å². The molecule has 30 heavy (non-hydrogen) atoms. The Morgan fingerprint density at radius 1 is 1.13 bits per heavy atom. The molecule has 0 saturated carbocycles. The van der Waals surface area contributed by atoms with Crippen molar-refractivity contribution in [2.75, 3.05) is 35.0 Å². The molecule has 1 aromatic rings. The zero-order chi connectivity index (χ0) is 22.1. The van der Waals surface area contributed by atoms with Gasteiger partial charge < -0.3 is 24.3 Å². The molecule has 2 rings (SSSR count). The molecule has 0 fully saturated rings. The first-order valence-electron chi connectivity index (χ1n) is 9.57. The Balaban J connectivity index is 2.29. The number of allylic oxidation sites excluding steroid dienone is 3. The van der Waals surface area contributed by atoms with Crippen LogP contribution in [0.15, 0.2) is 54.2 Å². The maximum atomic E-state index is 12.8. The molecule has 0 heterocycles. The lowest BCUT2D eigenvalue weighted by Crippen LogP contribution is -2.49. The maximum absolute atomic E-state index is 12.8. The van der Waals surface area contributed by atoms with Gasteiger partial charge in [-0.2, -0.15) is 0 Å². The van der Waals surface area contributed by atoms with Gasteiger partial charge in [0, 0.05) is 39.7 Å². The van der Waals surface area contributed by atoms with Gasteiger partial charge in [0.2, 0.25) is 5.91 Å². The zero-order valence-electron chi connectivity index (χ0n) is 18.1. The van der Waals surface area contributed by atoms with Crippen molar-refractivity contribution < 1.29 is 28.5 Å². The van der Waals surface area contributed by atoms with Crippen molar-refractivity contribution in [3.8, 4) is 11.5 Å². The first-order chi connectivity index (χ1) is 14.4. The molecule has 0 saturated heterocycles. The van der Waals surface area contributed by atoms with Crippen LogP contribution in [0.3, 0.4) is 0 Å². The van der Waals surface area contributed by atoms with Crippen LogP contribution in [-0.2, 0) is 14.3 Å². The molecule has 2 unspecified atom stereocenters. The topological polar surface area (TPSA) is 83.1 Å². The smallest absolute Gasteiger partial charge is 0.216 e. The summed E-state index contributed by atoms with van der Waals surface area (Å²) in [4.78, 5) is 24.0. The molecule has 1 N–H and O–H groups in total. The summed E-state index contributed by atoms with van der Waals surface area (Å²) in [5.74, 6) is 0.730. The van der Waals surface area contributed by atoms with Crippen molar-refractivity contribution in [2.24, 2.45) is 0 Å². The Hall–Kier alpha value is -2.90. The summed E-state index contributed by atoms with van der Waals surface area (Å²) in [7, 11) is 6.26. The largest absolute Gasteiger partial charge is 0.493 e. The Morgan fingerprint density at radius 3 is 2.47 bits per heavy atom. The number of methoxy groups -OCH3 is 4. The zero-order valence-corrected chi connectivity index (χ0v) is 18.1. The molecule has 1 aliphatic carbocycles. The Morgan fingerprint density at radius 2 is 1.87 bits per heavy atom. The fraction of sp³-hybridized carbons (Fsp3) is 0.391. The Kier molecular flexibility index (Phi) is 8.38. The van der Waals surface area contributed by atoms with E-state index in [2.05, 4.69) is 5.32 Å². The average Bonchev–Trinajstić information content (AvgIpc) is 2.76. The number of nitrogens with one attached hydrogen (secondary N) is 1. The molecule has 1 aliphatic rings. The van der Waals surface area contributed by atoms with Gasteiger partial charge in [-0.3, -0.25) is 9.59 Å². The van der Waals surface area contributed by atoms with E-state index in [0.717, 1.165) is 5.57 Å². The highest BCUT2D eigenvalue weighted by Gasteiger charge is 2.41. The van der Waals surface area contributed by atoms with Gasteiger partial charge in [0.15, 0.2) is 17.3 Å². The minimum absolute atomic E-state index is 0.119. The van der Waals surface area contributed by atoms with E-state index >= 15 is 0 Å². The van der Waals surface area contributed by atoms with Gasteiger partial charge in [0.1, 0.15) is 11.7 Å². The van der Waals surface area contributed by atoms with E-state index in [-0.39, 0.29) is 17.8 Å². The number of ether oxygens (including phenoxy) is 4. The lowest BCUT2D eigenvalue weighted by molar-refractivity contribution is -0.119. The molecular formula is C23H29NO6. The molecule has 0 radical (unpaired) electrons. The van der Waals surface area contributed by atoms with Crippen LogP contribution in [-0.4, -0.2) is 58.4 Å². The summed E-state index contributed by atoms with van der Waals surface area (Å²) < 4.78 is 22.0. The number of benzene rings is 1. The first kappa shape index (κ1) is 23.4. The number of rotatable bonds is 10. The number of carbonyl (C=O) groups is 2. The molecule has 1 amide bonds. The van der Waals surface area contributed by atoms with E-state index in [1.807, 2.05) is 18.2 Å². The number of hydrogen-bond donors (Lipinski definition) is 1. The molecule has 162 valence electrons. The molecule has 0 spiro atoms. The van der Waals surface area contributed by atoms with E-state index in [1.165, 1.54) is 20.1 Å². The number of amides is 1. The predicted molar refractivity (Wildman–Crippen MR) is 114 cm³/mol. The van der Waals surface area contributed by atoms with Crippen molar-refractivity contribution in [2.45, 2.75) is 25.0 Å². The quantitative estimate of drug-likeness (QED) is 0.467. The van der Waals surface area contributed by atoms with E-state index in [0.29, 0.717) is 30.0 Å². The molecule has 0 aromatic heterocycles. The van der Waals surface area contributed by atoms with Crippen LogP contribution < -0.4 is 14.8 Å². The number of hydrogen-bond acceptors (Lipinski definition) is 6. The van der Waals surface area contributed by atoms with Gasteiger partial charge in [-0.05, 0) is 29.8 Å². The third-order valence-corrected chi connectivity index (χ3v) is 5.08. The average molecular weight is 415 g/mol. The van der Waals surface area contributed by atoms with E-state index < -0.39 is 5.60 Å². The highest BCUT2D eigenvalue weighted by molar-refractivity contribution is 6.05. The highest BCUT2D eigenvalue weighted by Crippen LogP contribution is 2.35. The van der Waals surface area contributed by atoms with Gasteiger partial charge in [-0.15, -0.1) is 0 Å². The van der Waals surface area contributed by atoms with Crippen LogP contribution in [0.25, 0.3) is 0 Å². The van der Waals surface area contributed by atoms with Crippen molar-refractivity contribution in [1.82, 2.24) is 5.32 Å². The lowest BCUT2D eigenvalue weighted by atomic mass is 9.80. The van der Waals surface area contributed by atoms with Crippen molar-refractivity contribution in [3.63, 3.8) is 0 Å². The van der Waals surface area contributed by atoms with Crippen molar-refractivity contribution in [3.05, 3.63) is 59.7 Å². The van der Waals surface area contributed by atoms with Crippen LogP contribution in [0.2, 0.25) is 0 Å². The first-order valence-corrected chi connectivity index (χ1v) is 9.57. The van der Waals surface area contributed by atoms with E-state index in [9.17, 15) is 9.59 Å². The number of carbonyl (C=O) groups excluding carboxylic acids is 2. The summed E-state index contributed by atoms with van der Waals surface area (Å²) in [5, 5.41) is 2.79. The SMILES string of the molecule is COc1ccc(C(=O)/C=C/C2=CC=CC(OC)C2(CCNC(C)=O)OC)cc1OC. The third kappa shape index (κ3) is 5.17. The third-order valence-electron chi connectivity index (χ3n) is 5.08. The van der Waals surface area contributed by atoms with Gasteiger partial charge in [-0.25, -0.2) is 0 Å². The summed E-state index contributed by atoms with van der Waals surface area (Å²) in [6, 6.07) is 5.01. The number of ketones is 1. The molecule has 2 atom stereocenters. The van der Waals surface area contributed by atoms with Crippen LogP contribution in [0.1, 0.15) is 23.7 Å². The molecule has 1 aromatic carbocycles. The van der Waals surface area contributed by atoms with Crippen molar-refractivity contribution >= 4 is 11.7 Å². The fourth-order valence-electron chi connectivity index (χ4n) is 3.48. The van der Waals surface area contributed by atoms with E-state index in [4.69, 9.17) is 18.9 Å². The Bertz CT molecular complexity index is 857. The van der Waals surface area contributed by atoms with Crippen LogP contribution in [0.5, 0.6) is 11.5 Å². The molecule has 0 aliphatic heterocycles. The minimum atomic E-state index is -0.833. The molecule has 7 nitrogen and oxygen atoms in total. The standard InChI is InChI=1S/C23H29NO6/c1-16(25)24-14-13-23(30-5)18(7-6-8-22(23)29-4)10-11-19(26)17-9-12-20(27-2)21(15-17)28-3/h6-12,15,22H,13-14H2,1-5H3,(H,24,25)/b11-10+. The monoisotopic (exact) mass is 415 g/mol. The molecule has 0 bridgehead atoms. The van der Waals surface area contributed by atoms with Crippen LogP contribution in [0.4, 0.5) is 0 Å². The van der Waals surface area contributed by atoms with Crippen LogP contribution >= 0.6 is 0 Å². The Labute approximate surface area is 177 Å². The highest BCUT2D eigenvalue weighted by atomic mass is 16.5. The van der Waals surface area contributed by atoms with E-state index in [1.54, 1.807) is 45.6 Å². The second-order valence-electron chi connectivity index (χ2n) is 6.76. The second-order valence-corrected chi connectivity index (χ2v) is 6.76. The summed E-state index contributed by atoms with van der Waals surface area (Å²) in [6.07, 6.45) is 8.97. The minimum Gasteiger partial charge on any atom is -0.493 e. The predicted octanol–water partition coefficient (Wildman–Crippen LogP) is 2.87. The van der Waals surface area contributed by atoms with Gasteiger partial charge in [0.05, 0.1) is 14.2 Å². The normalized spacial score (nSPS) is 20.7. The molecule has 7 heteroatoms. The molecular weight excluding hydrogens is 386 g/mol. The summed E-state index contributed by atoms with van der Waals surface area (Å²) in [6.45, 7) is 1.87. The summed E-state index contributed by atoms with van der Waals surface area (Å²) in [5.41, 5.74) is 0.416. The lowest BCUT2D eigenvalue weighted by Gasteiger charge is -2.40. The van der Waals surface area contributed by atoms with Gasteiger partial charge >= 0.3 is 0 Å². The summed E-state index contributed by atoms with van der Waals surface area (Å²) >= 11 is 0. The fourth-order valence-corrected chi connectivity index (χ4v) is 3.48. The van der Waals surface area contributed by atoms with Gasteiger partial charge in [-0.1, -0.05) is 24.3 Å². The van der Waals surface area contributed by atoms with Crippen LogP contribution in [0, 0.1) is 0 Å². The maximum Gasteiger partial charge on any atom is 0.216 e. The second kappa shape index (κ2) is 10.8.